The van der Waals surface area contributed by atoms with Crippen LogP contribution in [0.15, 0.2) is 24.8 Å². The average Bonchev–Trinajstić information content (AvgIpc) is 2.24. The van der Waals surface area contributed by atoms with Gasteiger partial charge in [0.2, 0.25) is 0 Å². The summed E-state index contributed by atoms with van der Waals surface area (Å²) in [6, 6.07) is 0. The molecule has 0 aliphatic carbocycles. The second kappa shape index (κ2) is 9.13. The van der Waals surface area contributed by atoms with Crippen LogP contribution in [0.3, 0.4) is 0 Å². The molecule has 13 heavy (non-hydrogen) atoms. The smallest absolute Gasteiger partial charge is 0.0451 e. The van der Waals surface area contributed by atoms with Crippen molar-refractivity contribution in [3.05, 3.63) is 24.8 Å². The van der Waals surface area contributed by atoms with Gasteiger partial charge in [-0.2, -0.15) is 0 Å². The van der Waals surface area contributed by atoms with Gasteiger partial charge in [-0.25, -0.2) is 0 Å². The van der Waals surface area contributed by atoms with Crippen molar-refractivity contribution in [2.45, 2.75) is 20.8 Å². The molecule has 0 aromatic carbocycles. The van der Waals surface area contributed by atoms with E-state index in [0.717, 1.165) is 0 Å². The molecule has 1 rings (SSSR count). The van der Waals surface area contributed by atoms with Gasteiger partial charge in [0.05, 0.1) is 0 Å². The van der Waals surface area contributed by atoms with Gasteiger partial charge in [-0.1, -0.05) is 20.8 Å². The van der Waals surface area contributed by atoms with Crippen molar-refractivity contribution in [1.82, 2.24) is 14.9 Å². The van der Waals surface area contributed by atoms with Crippen LogP contribution in [0.1, 0.15) is 20.8 Å². The van der Waals surface area contributed by atoms with Crippen molar-refractivity contribution < 1.29 is 0 Å². The van der Waals surface area contributed by atoms with Crippen molar-refractivity contribution in [1.29, 1.82) is 0 Å². The minimum atomic E-state index is 1.19. The van der Waals surface area contributed by atoms with Gasteiger partial charge in [0.25, 0.3) is 0 Å². The van der Waals surface area contributed by atoms with E-state index in [-0.39, 0.29) is 0 Å². The third-order valence-electron chi connectivity index (χ3n) is 1.82. The normalized spacial score (nSPS) is 9.23. The third kappa shape index (κ3) is 7.40. The zero-order valence-electron chi connectivity index (χ0n) is 8.77. The molecule has 0 fully saturated rings. The van der Waals surface area contributed by atoms with Gasteiger partial charge in [-0.15, -0.1) is 0 Å². The minimum absolute atomic E-state index is 1.19. The number of aromatic nitrogens is 2. The van der Waals surface area contributed by atoms with Crippen molar-refractivity contribution >= 4 is 0 Å². The fourth-order valence-corrected chi connectivity index (χ4v) is 0.924. The highest BCUT2D eigenvalue weighted by atomic mass is 15.1. The predicted molar refractivity (Wildman–Crippen MR) is 55.5 cm³/mol. The molecule has 0 unspecified atom stereocenters. The number of hydrogen-bond donors (Lipinski definition) is 0. The van der Waals surface area contributed by atoms with Gasteiger partial charge in [0.1, 0.15) is 0 Å². The summed E-state index contributed by atoms with van der Waals surface area (Å²) in [6.07, 6.45) is 6.56. The summed E-state index contributed by atoms with van der Waals surface area (Å²) in [5.74, 6) is 0. The van der Waals surface area contributed by atoms with E-state index in [1.165, 1.54) is 19.6 Å². The second-order valence-electron chi connectivity index (χ2n) is 2.51. The molecule has 74 valence electrons. The largest absolute Gasteiger partial charge is 0.304 e. The summed E-state index contributed by atoms with van der Waals surface area (Å²) < 4.78 is 0. The Bertz CT molecular complexity index is 141. The van der Waals surface area contributed by atoms with Gasteiger partial charge >= 0.3 is 0 Å². The number of hydrogen-bond acceptors (Lipinski definition) is 3. The summed E-state index contributed by atoms with van der Waals surface area (Å²) in [5.41, 5.74) is 0. The molecule has 0 aliphatic heterocycles. The highest BCUT2D eigenvalue weighted by Crippen LogP contribution is 1.81. The first-order valence-corrected chi connectivity index (χ1v) is 4.77. The van der Waals surface area contributed by atoms with Crippen molar-refractivity contribution in [3.8, 4) is 0 Å². The Kier molecular flexibility index (Phi) is 8.46. The van der Waals surface area contributed by atoms with Gasteiger partial charge < -0.3 is 4.90 Å². The summed E-state index contributed by atoms with van der Waals surface area (Å²) in [7, 11) is 0. The van der Waals surface area contributed by atoms with Crippen LogP contribution in [-0.2, 0) is 0 Å². The second-order valence-corrected chi connectivity index (χ2v) is 2.51. The minimum Gasteiger partial charge on any atom is -0.304 e. The lowest BCUT2D eigenvalue weighted by Gasteiger charge is -2.13. The van der Waals surface area contributed by atoms with Crippen LogP contribution in [0.25, 0.3) is 0 Å². The first-order chi connectivity index (χ1) is 6.35. The van der Waals surface area contributed by atoms with E-state index in [1.54, 1.807) is 24.8 Å². The zero-order chi connectivity index (χ0) is 9.94. The predicted octanol–water partition coefficient (Wildman–Crippen LogP) is 1.82. The molecule has 1 heterocycles. The Morgan fingerprint density at radius 3 is 1.15 bits per heavy atom. The summed E-state index contributed by atoms with van der Waals surface area (Å²) >= 11 is 0. The molecule has 1 aromatic heterocycles. The summed E-state index contributed by atoms with van der Waals surface area (Å²) in [5, 5.41) is 0. The lowest BCUT2D eigenvalue weighted by atomic mass is 10.5. The fourth-order valence-electron chi connectivity index (χ4n) is 0.924. The molecule has 3 heteroatoms. The lowest BCUT2D eigenvalue weighted by Crippen LogP contribution is -2.21. The monoisotopic (exact) mass is 181 g/mol. The van der Waals surface area contributed by atoms with E-state index >= 15 is 0 Å². The van der Waals surface area contributed by atoms with E-state index in [0.29, 0.717) is 0 Å². The maximum absolute atomic E-state index is 3.72. The highest BCUT2D eigenvalue weighted by Gasteiger charge is 1.89. The highest BCUT2D eigenvalue weighted by molar-refractivity contribution is 4.70. The van der Waals surface area contributed by atoms with Gasteiger partial charge in [0, 0.05) is 24.8 Å². The molecular weight excluding hydrogens is 162 g/mol. The quantitative estimate of drug-likeness (QED) is 0.712. The van der Waals surface area contributed by atoms with E-state index < -0.39 is 0 Å². The topological polar surface area (TPSA) is 29.0 Å². The first kappa shape index (κ1) is 12.0. The molecule has 1 aromatic rings. The molecule has 0 saturated carbocycles. The Hall–Kier alpha value is -0.960. The van der Waals surface area contributed by atoms with Gasteiger partial charge in [-0.05, 0) is 19.6 Å². The molecule has 0 bridgehead atoms. The average molecular weight is 181 g/mol. The van der Waals surface area contributed by atoms with E-state index in [9.17, 15) is 0 Å². The Labute approximate surface area is 80.8 Å². The van der Waals surface area contributed by atoms with Crippen LogP contribution in [-0.4, -0.2) is 34.5 Å². The Balaban J connectivity index is 0.000000223. The SMILES string of the molecule is CCN(CC)CC.c1cnccn1. The standard InChI is InChI=1S/C6H15N.C4H4N2/c1-4-7(5-2)6-3;1-2-6-4-3-5-1/h4-6H2,1-3H3;1-4H. The molecule has 0 radical (unpaired) electrons. The molecule has 0 aliphatic rings. The fraction of sp³-hybridized carbons (Fsp3) is 0.600. The first-order valence-electron chi connectivity index (χ1n) is 4.77. The van der Waals surface area contributed by atoms with Crippen LogP contribution in [0.5, 0.6) is 0 Å². The van der Waals surface area contributed by atoms with E-state index in [1.807, 2.05) is 0 Å². The number of nitrogens with zero attached hydrogens (tertiary/aromatic N) is 3. The van der Waals surface area contributed by atoms with Crippen LogP contribution < -0.4 is 0 Å². The molecule has 0 N–H and O–H groups in total. The molecule has 0 amide bonds. The lowest BCUT2D eigenvalue weighted by molar-refractivity contribution is 0.321. The molecule has 0 saturated heterocycles. The van der Waals surface area contributed by atoms with E-state index in [4.69, 9.17) is 0 Å². The van der Waals surface area contributed by atoms with Crippen molar-refractivity contribution in [2.75, 3.05) is 19.6 Å². The maximum Gasteiger partial charge on any atom is 0.0451 e. The van der Waals surface area contributed by atoms with Gasteiger partial charge in [-0.3, -0.25) is 9.97 Å². The maximum atomic E-state index is 3.72. The molecule has 0 spiro atoms. The Morgan fingerprint density at radius 1 is 0.769 bits per heavy atom. The van der Waals surface area contributed by atoms with Crippen LogP contribution >= 0.6 is 0 Å². The van der Waals surface area contributed by atoms with Crippen LogP contribution in [0.4, 0.5) is 0 Å². The Morgan fingerprint density at radius 2 is 1.08 bits per heavy atom. The van der Waals surface area contributed by atoms with E-state index in [2.05, 4.69) is 35.6 Å². The molecule has 3 nitrogen and oxygen atoms in total. The molecular formula is C10H19N3. The zero-order valence-corrected chi connectivity index (χ0v) is 8.77. The number of rotatable bonds is 3. The summed E-state index contributed by atoms with van der Waals surface area (Å²) in [6.45, 7) is 10.1. The molecule has 0 atom stereocenters. The van der Waals surface area contributed by atoms with Crippen LogP contribution in [0.2, 0.25) is 0 Å². The summed E-state index contributed by atoms with van der Waals surface area (Å²) in [4.78, 5) is 9.82. The third-order valence-corrected chi connectivity index (χ3v) is 1.82. The van der Waals surface area contributed by atoms with Crippen molar-refractivity contribution in [3.63, 3.8) is 0 Å². The van der Waals surface area contributed by atoms with Gasteiger partial charge in [0.15, 0.2) is 0 Å². The van der Waals surface area contributed by atoms with Crippen molar-refractivity contribution in [2.24, 2.45) is 0 Å². The van der Waals surface area contributed by atoms with Crippen LogP contribution in [0, 0.1) is 0 Å².